The molecule has 1 unspecified atom stereocenters. The quantitative estimate of drug-likeness (QED) is 0.392. The first kappa shape index (κ1) is 21.4. The van der Waals surface area contributed by atoms with Crippen LogP contribution in [0, 0.1) is 0 Å². The third-order valence-electron chi connectivity index (χ3n) is 4.76. The summed E-state index contributed by atoms with van der Waals surface area (Å²) in [6.07, 6.45) is 3.29. The summed E-state index contributed by atoms with van der Waals surface area (Å²) in [4.78, 5) is 28.0. The van der Waals surface area contributed by atoms with Crippen LogP contribution >= 0.6 is 11.6 Å². The van der Waals surface area contributed by atoms with Gasteiger partial charge in [0, 0.05) is 23.9 Å². The van der Waals surface area contributed by atoms with Gasteiger partial charge in [0.25, 0.3) is 0 Å². The van der Waals surface area contributed by atoms with Crippen LogP contribution in [0.25, 0.3) is 0 Å². The fourth-order valence-electron chi connectivity index (χ4n) is 3.17. The molecule has 1 saturated heterocycles. The van der Waals surface area contributed by atoms with Crippen molar-refractivity contribution in [1.29, 1.82) is 0 Å². The van der Waals surface area contributed by atoms with Crippen LogP contribution in [0.15, 0.2) is 47.5 Å². The third kappa shape index (κ3) is 5.01. The van der Waals surface area contributed by atoms with Crippen molar-refractivity contribution in [3.63, 3.8) is 0 Å². The van der Waals surface area contributed by atoms with Crippen molar-refractivity contribution in [2.24, 2.45) is 0 Å². The Bertz CT molecular complexity index is 991. The number of aromatic nitrogens is 1. The molecule has 0 aliphatic carbocycles. The lowest BCUT2D eigenvalue weighted by Crippen LogP contribution is -2.48. The standard InChI is InChI=1S/C20H21ClN2O5S/c1-14(24)16-6-8-17(9-7-16)29(26,27)23-11-3-2-4-18(23)20(25)28-13-15-5-10-19(21)22-12-15/h5-10,12,18H,2-4,11,13H2,1H3. The number of hydrogen-bond acceptors (Lipinski definition) is 6. The van der Waals surface area contributed by atoms with Crippen LogP contribution < -0.4 is 0 Å². The predicted molar refractivity (Wildman–Crippen MR) is 107 cm³/mol. The monoisotopic (exact) mass is 436 g/mol. The van der Waals surface area contributed by atoms with E-state index in [9.17, 15) is 18.0 Å². The first-order valence-electron chi connectivity index (χ1n) is 9.19. The minimum absolute atomic E-state index is 0.0132. The Morgan fingerprint density at radius 1 is 1.17 bits per heavy atom. The average molecular weight is 437 g/mol. The topological polar surface area (TPSA) is 93.6 Å². The van der Waals surface area contributed by atoms with E-state index in [1.165, 1.54) is 41.7 Å². The van der Waals surface area contributed by atoms with Gasteiger partial charge in [-0.2, -0.15) is 4.31 Å². The lowest BCUT2D eigenvalue weighted by molar-refractivity contribution is -0.150. The Balaban J connectivity index is 1.76. The highest BCUT2D eigenvalue weighted by Gasteiger charge is 2.38. The summed E-state index contributed by atoms with van der Waals surface area (Å²) < 4.78 is 32.7. The first-order valence-corrected chi connectivity index (χ1v) is 11.0. The Labute approximate surface area is 174 Å². The van der Waals surface area contributed by atoms with Gasteiger partial charge in [0.15, 0.2) is 5.78 Å². The molecule has 29 heavy (non-hydrogen) atoms. The Morgan fingerprint density at radius 3 is 2.52 bits per heavy atom. The highest BCUT2D eigenvalue weighted by atomic mass is 35.5. The lowest BCUT2D eigenvalue weighted by Gasteiger charge is -2.33. The van der Waals surface area contributed by atoms with Gasteiger partial charge < -0.3 is 4.74 Å². The predicted octanol–water partition coefficient (Wildman–Crippen LogP) is 3.22. The number of piperidine rings is 1. The van der Waals surface area contributed by atoms with E-state index in [0.717, 1.165) is 6.42 Å². The molecule has 9 heteroatoms. The van der Waals surface area contributed by atoms with Gasteiger partial charge in [-0.05, 0) is 44.4 Å². The second-order valence-corrected chi connectivity index (χ2v) is 9.08. The number of carbonyl (C=O) groups excluding carboxylic acids is 2. The van der Waals surface area contributed by atoms with Gasteiger partial charge in [0.2, 0.25) is 10.0 Å². The molecular formula is C20H21ClN2O5S. The highest BCUT2D eigenvalue weighted by molar-refractivity contribution is 7.89. The Hall–Kier alpha value is -2.29. The maximum absolute atomic E-state index is 13.1. The number of nitrogens with zero attached hydrogens (tertiary/aromatic N) is 2. The fraction of sp³-hybridized carbons (Fsp3) is 0.350. The zero-order chi connectivity index (χ0) is 21.0. The second kappa shape index (κ2) is 9.02. The third-order valence-corrected chi connectivity index (χ3v) is 6.91. The Morgan fingerprint density at radius 2 is 1.90 bits per heavy atom. The molecule has 0 N–H and O–H groups in total. The molecule has 0 radical (unpaired) electrons. The molecule has 0 saturated carbocycles. The van der Waals surface area contributed by atoms with E-state index in [0.29, 0.717) is 29.1 Å². The minimum Gasteiger partial charge on any atom is -0.460 e. The van der Waals surface area contributed by atoms with Gasteiger partial charge in [-0.3, -0.25) is 9.59 Å². The number of hydrogen-bond donors (Lipinski definition) is 0. The van der Waals surface area contributed by atoms with E-state index in [4.69, 9.17) is 16.3 Å². The smallest absolute Gasteiger partial charge is 0.324 e. The molecule has 1 aromatic heterocycles. The largest absolute Gasteiger partial charge is 0.460 e. The molecule has 3 rings (SSSR count). The number of carbonyl (C=O) groups is 2. The molecule has 1 aliphatic rings. The summed E-state index contributed by atoms with van der Waals surface area (Å²) in [5, 5.41) is 0.334. The van der Waals surface area contributed by atoms with Crippen LogP contribution in [0.2, 0.25) is 5.15 Å². The zero-order valence-electron chi connectivity index (χ0n) is 15.9. The van der Waals surface area contributed by atoms with Crippen molar-refractivity contribution in [3.8, 4) is 0 Å². The van der Waals surface area contributed by atoms with Gasteiger partial charge in [0.1, 0.15) is 17.8 Å². The summed E-state index contributed by atoms with van der Waals surface area (Å²) in [6, 6.07) is 8.12. The number of ketones is 1. The van der Waals surface area contributed by atoms with Crippen molar-refractivity contribution >= 4 is 33.4 Å². The molecule has 154 valence electrons. The van der Waals surface area contributed by atoms with Gasteiger partial charge in [0.05, 0.1) is 4.90 Å². The average Bonchev–Trinajstić information content (AvgIpc) is 2.73. The zero-order valence-corrected chi connectivity index (χ0v) is 17.4. The van der Waals surface area contributed by atoms with Crippen LogP contribution in [-0.4, -0.2) is 42.0 Å². The summed E-state index contributed by atoms with van der Waals surface area (Å²) in [7, 11) is -3.90. The molecule has 2 heterocycles. The number of ether oxygens (including phenoxy) is 1. The van der Waals surface area contributed by atoms with Crippen LogP contribution in [0.5, 0.6) is 0 Å². The van der Waals surface area contributed by atoms with E-state index in [1.807, 2.05) is 0 Å². The van der Waals surface area contributed by atoms with E-state index in [1.54, 1.807) is 12.1 Å². The number of rotatable bonds is 6. The van der Waals surface area contributed by atoms with Gasteiger partial charge in [-0.15, -0.1) is 0 Å². The van der Waals surface area contributed by atoms with Crippen molar-refractivity contribution in [2.75, 3.05) is 6.54 Å². The molecule has 1 aliphatic heterocycles. The van der Waals surface area contributed by atoms with Crippen LogP contribution in [0.1, 0.15) is 42.1 Å². The van der Waals surface area contributed by atoms with Crippen molar-refractivity contribution in [2.45, 2.75) is 43.7 Å². The number of Topliss-reactive ketones (excluding diaryl/α,β-unsaturated/α-hetero) is 1. The molecule has 0 spiro atoms. The molecule has 0 bridgehead atoms. The van der Waals surface area contributed by atoms with E-state index in [2.05, 4.69) is 4.98 Å². The molecular weight excluding hydrogens is 416 g/mol. The number of halogens is 1. The van der Waals surface area contributed by atoms with Crippen molar-refractivity contribution in [1.82, 2.24) is 9.29 Å². The highest BCUT2D eigenvalue weighted by Crippen LogP contribution is 2.26. The SMILES string of the molecule is CC(=O)c1ccc(S(=O)(=O)N2CCCCC2C(=O)OCc2ccc(Cl)nc2)cc1. The van der Waals surface area contributed by atoms with E-state index in [-0.39, 0.29) is 23.8 Å². The Kier molecular flexibility index (Phi) is 6.66. The normalized spacial score (nSPS) is 17.7. The minimum atomic E-state index is -3.90. The van der Waals surface area contributed by atoms with Crippen LogP contribution in [-0.2, 0) is 26.2 Å². The second-order valence-electron chi connectivity index (χ2n) is 6.80. The van der Waals surface area contributed by atoms with E-state index < -0.39 is 22.0 Å². The van der Waals surface area contributed by atoms with Gasteiger partial charge in [-0.1, -0.05) is 29.8 Å². The first-order chi connectivity index (χ1) is 13.8. The summed E-state index contributed by atoms with van der Waals surface area (Å²) >= 11 is 5.74. The molecule has 2 aromatic rings. The summed E-state index contributed by atoms with van der Waals surface area (Å²) in [5.74, 6) is -0.742. The number of esters is 1. The molecule has 7 nitrogen and oxygen atoms in total. The van der Waals surface area contributed by atoms with Crippen molar-refractivity contribution < 1.29 is 22.7 Å². The number of pyridine rings is 1. The van der Waals surface area contributed by atoms with Crippen molar-refractivity contribution in [3.05, 3.63) is 58.9 Å². The molecule has 1 fully saturated rings. The van der Waals surface area contributed by atoms with Crippen LogP contribution in [0.3, 0.4) is 0 Å². The van der Waals surface area contributed by atoms with Crippen LogP contribution in [0.4, 0.5) is 0 Å². The van der Waals surface area contributed by atoms with Gasteiger partial charge >= 0.3 is 5.97 Å². The van der Waals surface area contributed by atoms with E-state index >= 15 is 0 Å². The lowest BCUT2D eigenvalue weighted by atomic mass is 10.1. The summed E-state index contributed by atoms with van der Waals surface area (Å²) in [5.41, 5.74) is 1.09. The molecule has 0 amide bonds. The maximum Gasteiger partial charge on any atom is 0.324 e. The number of sulfonamides is 1. The number of benzene rings is 1. The fourth-order valence-corrected chi connectivity index (χ4v) is 4.93. The maximum atomic E-state index is 13.1. The van der Waals surface area contributed by atoms with Gasteiger partial charge in [-0.25, -0.2) is 13.4 Å². The summed E-state index contributed by atoms with van der Waals surface area (Å²) in [6.45, 7) is 1.64. The molecule has 1 aromatic carbocycles. The molecule has 1 atom stereocenters.